The molecule has 4 rings (SSSR count). The maximum Gasteiger partial charge on any atom is 0.222 e. The number of piperidine rings is 1. The first-order chi connectivity index (χ1) is 15.7. The fourth-order valence-electron chi connectivity index (χ4n) is 4.67. The molecule has 176 valence electrons. The molecule has 0 aliphatic carbocycles. The molecule has 0 radical (unpaired) electrons. The number of likely N-dealkylation sites (tertiary alicyclic amines) is 1. The zero-order valence-electron chi connectivity index (χ0n) is 20.3. The highest BCUT2D eigenvalue weighted by Crippen LogP contribution is 2.39. The van der Waals surface area contributed by atoms with Crippen molar-refractivity contribution in [3.63, 3.8) is 0 Å². The van der Waals surface area contributed by atoms with Gasteiger partial charge in [-0.2, -0.15) is 0 Å². The van der Waals surface area contributed by atoms with Gasteiger partial charge in [0.1, 0.15) is 17.1 Å². The summed E-state index contributed by atoms with van der Waals surface area (Å²) in [7, 11) is 0. The van der Waals surface area contributed by atoms with Crippen LogP contribution in [0.15, 0.2) is 42.5 Å². The predicted molar refractivity (Wildman–Crippen MR) is 129 cm³/mol. The van der Waals surface area contributed by atoms with E-state index in [-0.39, 0.29) is 17.1 Å². The van der Waals surface area contributed by atoms with Crippen LogP contribution in [-0.4, -0.2) is 41.9 Å². The second-order valence-corrected chi connectivity index (χ2v) is 10.5. The molecule has 0 saturated carbocycles. The number of nitrogens with zero attached hydrogens (tertiary/aromatic N) is 1. The van der Waals surface area contributed by atoms with E-state index < -0.39 is 5.60 Å². The lowest BCUT2D eigenvalue weighted by molar-refractivity contribution is -0.135. The molecular weight excluding hydrogens is 414 g/mol. The van der Waals surface area contributed by atoms with E-state index in [1.165, 1.54) is 5.56 Å². The Kier molecular flexibility index (Phi) is 6.51. The van der Waals surface area contributed by atoms with Crippen LogP contribution < -0.4 is 9.47 Å². The number of ketones is 1. The van der Waals surface area contributed by atoms with Crippen molar-refractivity contribution in [2.24, 2.45) is 0 Å². The lowest BCUT2D eigenvalue weighted by Crippen LogP contribution is -2.52. The van der Waals surface area contributed by atoms with Crippen molar-refractivity contribution >= 4 is 11.7 Å². The maximum atomic E-state index is 12.7. The number of hydrogen-bond acceptors (Lipinski definition) is 4. The number of ether oxygens (including phenoxy) is 2. The Morgan fingerprint density at radius 3 is 2.45 bits per heavy atom. The molecule has 0 atom stereocenters. The lowest BCUT2D eigenvalue weighted by Gasteiger charge is -2.44. The third-order valence-electron chi connectivity index (χ3n) is 6.80. The fraction of sp³-hybridized carbons (Fsp3) is 0.500. The molecule has 0 aromatic heterocycles. The summed E-state index contributed by atoms with van der Waals surface area (Å²) in [4.78, 5) is 27.3. The fourth-order valence-corrected chi connectivity index (χ4v) is 4.67. The van der Waals surface area contributed by atoms with E-state index in [4.69, 9.17) is 9.47 Å². The van der Waals surface area contributed by atoms with Crippen molar-refractivity contribution in [1.29, 1.82) is 0 Å². The van der Waals surface area contributed by atoms with E-state index in [1.54, 1.807) is 0 Å². The zero-order chi connectivity index (χ0) is 23.6. The third-order valence-corrected chi connectivity index (χ3v) is 6.80. The zero-order valence-corrected chi connectivity index (χ0v) is 20.3. The number of Topliss-reactive ketones (excluding diaryl/α,β-unsaturated/α-hetero) is 1. The topological polar surface area (TPSA) is 55.8 Å². The molecule has 0 unspecified atom stereocenters. The summed E-state index contributed by atoms with van der Waals surface area (Å²) in [6.45, 7) is 10.3. The number of hydrogen-bond donors (Lipinski definition) is 0. The van der Waals surface area contributed by atoms with Crippen LogP contribution in [0.5, 0.6) is 11.5 Å². The molecule has 33 heavy (non-hydrogen) atoms. The number of carbonyl (C=O) groups excluding carboxylic acids is 2. The van der Waals surface area contributed by atoms with E-state index in [2.05, 4.69) is 32.9 Å². The molecule has 0 N–H and O–H groups in total. The number of amides is 1. The van der Waals surface area contributed by atoms with Crippen LogP contribution in [0.4, 0.5) is 0 Å². The summed E-state index contributed by atoms with van der Waals surface area (Å²) in [6, 6.07) is 14.0. The van der Waals surface area contributed by atoms with Gasteiger partial charge in [0, 0.05) is 32.4 Å². The average Bonchev–Trinajstić information content (AvgIpc) is 2.77. The number of carbonyl (C=O) groups is 2. The average molecular weight is 450 g/mol. The first kappa shape index (κ1) is 23.3. The Balaban J connectivity index is 1.22. The van der Waals surface area contributed by atoms with Gasteiger partial charge < -0.3 is 14.4 Å². The number of fused-ring (bicyclic) bond motifs is 1. The van der Waals surface area contributed by atoms with Crippen molar-refractivity contribution in [2.45, 2.75) is 70.8 Å². The molecule has 2 aromatic rings. The van der Waals surface area contributed by atoms with Crippen LogP contribution in [0.25, 0.3) is 0 Å². The van der Waals surface area contributed by atoms with Crippen LogP contribution in [0, 0.1) is 6.92 Å². The van der Waals surface area contributed by atoms with Crippen LogP contribution in [0.3, 0.4) is 0 Å². The molecule has 5 heteroatoms. The molecule has 1 saturated heterocycles. The highest BCUT2D eigenvalue weighted by molar-refractivity contribution is 6.00. The van der Waals surface area contributed by atoms with Gasteiger partial charge in [0.25, 0.3) is 0 Å². The highest BCUT2D eigenvalue weighted by Gasteiger charge is 2.43. The van der Waals surface area contributed by atoms with E-state index in [9.17, 15) is 9.59 Å². The molecule has 1 amide bonds. The quantitative estimate of drug-likeness (QED) is 0.568. The van der Waals surface area contributed by atoms with Crippen molar-refractivity contribution in [1.82, 2.24) is 4.90 Å². The Morgan fingerprint density at radius 1 is 1.09 bits per heavy atom. The van der Waals surface area contributed by atoms with Gasteiger partial charge in [0.2, 0.25) is 5.91 Å². The SMILES string of the molecule is Cc1ccc2c(c1)C(=O)CC1(CCN(C(=O)CCCOc3ccc(C(C)(C)C)cc3)CC1)O2. The van der Waals surface area contributed by atoms with Crippen LogP contribution in [0.1, 0.15) is 74.4 Å². The van der Waals surface area contributed by atoms with Crippen LogP contribution >= 0.6 is 0 Å². The van der Waals surface area contributed by atoms with Gasteiger partial charge in [0.15, 0.2) is 5.78 Å². The Morgan fingerprint density at radius 2 is 1.79 bits per heavy atom. The smallest absolute Gasteiger partial charge is 0.222 e. The molecule has 1 fully saturated rings. The Hall–Kier alpha value is -2.82. The predicted octanol–water partition coefficient (Wildman–Crippen LogP) is 5.48. The molecule has 1 spiro atoms. The van der Waals surface area contributed by atoms with Crippen molar-refractivity contribution in [3.05, 3.63) is 59.2 Å². The normalized spacial score (nSPS) is 17.5. The third kappa shape index (κ3) is 5.40. The van der Waals surface area contributed by atoms with Crippen molar-refractivity contribution < 1.29 is 19.1 Å². The Bertz CT molecular complexity index is 1010. The summed E-state index contributed by atoms with van der Waals surface area (Å²) in [5.74, 6) is 1.82. The first-order valence-electron chi connectivity index (χ1n) is 12.0. The lowest BCUT2D eigenvalue weighted by atomic mass is 9.82. The minimum Gasteiger partial charge on any atom is -0.494 e. The molecule has 2 aromatic carbocycles. The van der Waals surface area contributed by atoms with E-state index in [1.807, 2.05) is 42.2 Å². The summed E-state index contributed by atoms with van der Waals surface area (Å²) >= 11 is 0. The summed E-state index contributed by atoms with van der Waals surface area (Å²) < 4.78 is 12.1. The molecule has 2 aliphatic rings. The number of aryl methyl sites for hydroxylation is 1. The van der Waals surface area contributed by atoms with Gasteiger partial charge in [-0.05, 0) is 48.6 Å². The second-order valence-electron chi connectivity index (χ2n) is 10.5. The molecular formula is C28H35NO4. The largest absolute Gasteiger partial charge is 0.494 e. The Labute approximate surface area is 197 Å². The number of benzene rings is 2. The first-order valence-corrected chi connectivity index (χ1v) is 12.0. The van der Waals surface area contributed by atoms with Gasteiger partial charge in [-0.1, -0.05) is 44.5 Å². The summed E-state index contributed by atoms with van der Waals surface area (Å²) in [6.07, 6.45) is 2.92. The van der Waals surface area contributed by atoms with Crippen LogP contribution in [-0.2, 0) is 10.2 Å². The molecule has 0 bridgehead atoms. The molecule has 2 aliphatic heterocycles. The van der Waals surface area contributed by atoms with Gasteiger partial charge in [-0.15, -0.1) is 0 Å². The number of rotatable bonds is 5. The highest BCUT2D eigenvalue weighted by atomic mass is 16.5. The van der Waals surface area contributed by atoms with Crippen molar-refractivity contribution in [2.75, 3.05) is 19.7 Å². The second kappa shape index (κ2) is 9.20. The standard InChI is InChI=1S/C28H35NO4/c1-20-7-12-25-23(18-20)24(30)19-28(33-25)13-15-29(16-14-28)26(31)6-5-17-32-22-10-8-21(9-11-22)27(2,3)4/h7-12,18H,5-6,13-17,19H2,1-4H3. The summed E-state index contributed by atoms with van der Waals surface area (Å²) in [5, 5.41) is 0. The van der Waals surface area contributed by atoms with Gasteiger partial charge in [-0.3, -0.25) is 9.59 Å². The van der Waals surface area contributed by atoms with E-state index >= 15 is 0 Å². The van der Waals surface area contributed by atoms with Gasteiger partial charge >= 0.3 is 0 Å². The summed E-state index contributed by atoms with van der Waals surface area (Å²) in [5.41, 5.74) is 2.67. The molecule has 5 nitrogen and oxygen atoms in total. The van der Waals surface area contributed by atoms with Gasteiger partial charge in [0.05, 0.1) is 18.6 Å². The maximum absolute atomic E-state index is 12.7. The minimum absolute atomic E-state index is 0.121. The monoisotopic (exact) mass is 449 g/mol. The van der Waals surface area contributed by atoms with Crippen LogP contribution in [0.2, 0.25) is 0 Å². The van der Waals surface area contributed by atoms with E-state index in [0.717, 1.165) is 11.3 Å². The molecule has 2 heterocycles. The minimum atomic E-state index is -0.474. The van der Waals surface area contributed by atoms with E-state index in [0.29, 0.717) is 63.1 Å². The van der Waals surface area contributed by atoms with Crippen molar-refractivity contribution in [3.8, 4) is 11.5 Å². The van der Waals surface area contributed by atoms with Gasteiger partial charge in [-0.25, -0.2) is 0 Å².